The average Bonchev–Trinajstić information content (AvgIpc) is 2.79. The van der Waals surface area contributed by atoms with E-state index in [-0.39, 0.29) is 6.10 Å². The van der Waals surface area contributed by atoms with E-state index < -0.39 is 0 Å². The normalized spacial score (nSPS) is 22.2. The van der Waals surface area contributed by atoms with Crippen LogP contribution < -0.4 is 5.32 Å². The Bertz CT molecular complexity index is 184. The molecule has 1 aliphatic heterocycles. The van der Waals surface area contributed by atoms with Crippen molar-refractivity contribution in [1.29, 1.82) is 0 Å². The lowest BCUT2D eigenvalue weighted by Gasteiger charge is -2.27. The highest BCUT2D eigenvalue weighted by Crippen LogP contribution is 2.08. The minimum Gasteiger partial charge on any atom is -0.389 e. The summed E-state index contributed by atoms with van der Waals surface area (Å²) in [7, 11) is 0. The summed E-state index contributed by atoms with van der Waals surface area (Å²) in [4.78, 5) is 2.35. The number of rotatable bonds is 9. The summed E-state index contributed by atoms with van der Waals surface area (Å²) in [6, 6.07) is 0.612. The zero-order valence-corrected chi connectivity index (χ0v) is 11.3. The Labute approximate surface area is 105 Å². The molecule has 0 spiro atoms. The van der Waals surface area contributed by atoms with Crippen LogP contribution in [0.15, 0.2) is 0 Å². The highest BCUT2D eigenvalue weighted by molar-refractivity contribution is 4.78. The Morgan fingerprint density at radius 1 is 1.47 bits per heavy atom. The summed E-state index contributed by atoms with van der Waals surface area (Å²) < 4.78 is 5.25. The Hall–Kier alpha value is -0.160. The molecule has 0 bridgehead atoms. The molecule has 2 N–H and O–H groups in total. The fourth-order valence-electron chi connectivity index (χ4n) is 2.40. The topological polar surface area (TPSA) is 44.7 Å². The van der Waals surface area contributed by atoms with Gasteiger partial charge in [0.15, 0.2) is 0 Å². The van der Waals surface area contributed by atoms with Crippen molar-refractivity contribution in [2.24, 2.45) is 0 Å². The zero-order chi connectivity index (χ0) is 12.5. The van der Waals surface area contributed by atoms with Gasteiger partial charge in [-0.1, -0.05) is 6.92 Å². The maximum absolute atomic E-state index is 9.86. The number of nitrogens with one attached hydrogen (secondary N) is 1. The number of hydrogen-bond donors (Lipinski definition) is 2. The molecule has 1 rings (SSSR count). The molecule has 0 amide bonds. The van der Waals surface area contributed by atoms with E-state index in [2.05, 4.69) is 17.1 Å². The lowest BCUT2D eigenvalue weighted by molar-refractivity contribution is 0.0198. The molecule has 1 saturated heterocycles. The lowest BCUT2D eigenvalue weighted by atomic mass is 10.2. The van der Waals surface area contributed by atoms with Gasteiger partial charge in [-0.15, -0.1) is 0 Å². The van der Waals surface area contributed by atoms with Crippen molar-refractivity contribution < 1.29 is 9.84 Å². The van der Waals surface area contributed by atoms with Crippen LogP contribution in [0.2, 0.25) is 0 Å². The van der Waals surface area contributed by atoms with E-state index in [0.717, 1.165) is 32.6 Å². The first kappa shape index (κ1) is 14.9. The molecule has 2 unspecified atom stereocenters. The third-order valence-corrected chi connectivity index (χ3v) is 3.16. The van der Waals surface area contributed by atoms with Crippen LogP contribution in [-0.4, -0.2) is 61.5 Å². The van der Waals surface area contributed by atoms with E-state index in [9.17, 15) is 5.11 Å². The summed E-state index contributed by atoms with van der Waals surface area (Å²) >= 11 is 0. The van der Waals surface area contributed by atoms with E-state index in [1.54, 1.807) is 0 Å². The first-order valence-electron chi connectivity index (χ1n) is 6.97. The van der Waals surface area contributed by atoms with Gasteiger partial charge in [-0.3, -0.25) is 4.90 Å². The van der Waals surface area contributed by atoms with Gasteiger partial charge < -0.3 is 15.2 Å². The van der Waals surface area contributed by atoms with Gasteiger partial charge >= 0.3 is 0 Å². The molecule has 17 heavy (non-hydrogen) atoms. The van der Waals surface area contributed by atoms with Crippen molar-refractivity contribution in [3.8, 4) is 0 Å². The third kappa shape index (κ3) is 6.36. The fourth-order valence-corrected chi connectivity index (χ4v) is 2.40. The van der Waals surface area contributed by atoms with E-state index in [4.69, 9.17) is 4.74 Å². The largest absolute Gasteiger partial charge is 0.389 e. The monoisotopic (exact) mass is 244 g/mol. The van der Waals surface area contributed by atoms with Gasteiger partial charge in [0.05, 0.1) is 12.7 Å². The van der Waals surface area contributed by atoms with Gasteiger partial charge in [0.2, 0.25) is 0 Å². The maximum Gasteiger partial charge on any atom is 0.0900 e. The van der Waals surface area contributed by atoms with Crippen molar-refractivity contribution in [3.63, 3.8) is 0 Å². The Balaban J connectivity index is 2.25. The number of aliphatic hydroxyl groups excluding tert-OH is 1. The van der Waals surface area contributed by atoms with Crippen molar-refractivity contribution in [1.82, 2.24) is 10.2 Å². The quantitative estimate of drug-likeness (QED) is 0.631. The molecule has 4 nitrogen and oxygen atoms in total. The second kappa shape index (κ2) is 8.86. The van der Waals surface area contributed by atoms with E-state index in [1.807, 2.05) is 6.92 Å². The molecule has 4 heteroatoms. The Morgan fingerprint density at radius 3 is 2.88 bits per heavy atom. The van der Waals surface area contributed by atoms with Gasteiger partial charge in [0.25, 0.3) is 0 Å². The minimum atomic E-state index is -0.358. The minimum absolute atomic E-state index is 0.358. The molecular formula is C13H28N2O2. The summed E-state index contributed by atoms with van der Waals surface area (Å²) in [6.07, 6.45) is 3.32. The summed E-state index contributed by atoms with van der Waals surface area (Å²) in [5.41, 5.74) is 0. The fraction of sp³-hybridized carbons (Fsp3) is 1.00. The maximum atomic E-state index is 9.86. The Kier molecular flexibility index (Phi) is 7.77. The van der Waals surface area contributed by atoms with Crippen LogP contribution in [0.3, 0.4) is 0 Å². The molecule has 2 atom stereocenters. The molecule has 102 valence electrons. The highest BCUT2D eigenvalue weighted by atomic mass is 16.5. The SMILES string of the molecule is CCCN(CC(O)COCC)CC1CCCN1. The van der Waals surface area contributed by atoms with Gasteiger partial charge in [0, 0.05) is 25.7 Å². The van der Waals surface area contributed by atoms with Crippen molar-refractivity contribution >= 4 is 0 Å². The highest BCUT2D eigenvalue weighted by Gasteiger charge is 2.19. The van der Waals surface area contributed by atoms with Crippen molar-refractivity contribution in [2.75, 3.05) is 39.4 Å². The molecule has 0 saturated carbocycles. The number of nitrogens with zero attached hydrogens (tertiary/aromatic N) is 1. The standard InChI is InChI=1S/C13H28N2O2/c1-3-8-15(9-12-6-5-7-14-12)10-13(16)11-17-4-2/h12-14,16H,3-11H2,1-2H3. The van der Waals surface area contributed by atoms with Crippen LogP contribution >= 0.6 is 0 Å². The van der Waals surface area contributed by atoms with E-state index in [0.29, 0.717) is 19.3 Å². The first-order chi connectivity index (χ1) is 8.26. The number of ether oxygens (including phenoxy) is 1. The molecule has 0 radical (unpaired) electrons. The summed E-state index contributed by atoms with van der Waals surface area (Å²) in [6.45, 7) is 9.25. The number of aliphatic hydroxyl groups is 1. The molecule has 0 aromatic carbocycles. The molecule has 0 aliphatic carbocycles. The van der Waals surface area contributed by atoms with Crippen LogP contribution in [0.1, 0.15) is 33.1 Å². The van der Waals surface area contributed by atoms with Crippen molar-refractivity contribution in [2.45, 2.75) is 45.3 Å². The summed E-state index contributed by atoms with van der Waals surface area (Å²) in [5.74, 6) is 0. The van der Waals surface area contributed by atoms with Crippen LogP contribution in [0, 0.1) is 0 Å². The van der Waals surface area contributed by atoms with Gasteiger partial charge in [-0.2, -0.15) is 0 Å². The molecule has 1 heterocycles. The van der Waals surface area contributed by atoms with Crippen LogP contribution in [0.4, 0.5) is 0 Å². The van der Waals surface area contributed by atoms with Gasteiger partial charge in [0.1, 0.15) is 0 Å². The predicted octanol–water partition coefficient (Wildman–Crippen LogP) is 0.848. The van der Waals surface area contributed by atoms with Gasteiger partial charge in [-0.25, -0.2) is 0 Å². The van der Waals surface area contributed by atoms with Gasteiger partial charge in [-0.05, 0) is 39.3 Å². The number of hydrogen-bond acceptors (Lipinski definition) is 4. The molecule has 1 aliphatic rings. The second-order valence-electron chi connectivity index (χ2n) is 4.87. The molecular weight excluding hydrogens is 216 g/mol. The predicted molar refractivity (Wildman–Crippen MR) is 70.3 cm³/mol. The molecule has 1 fully saturated rings. The average molecular weight is 244 g/mol. The van der Waals surface area contributed by atoms with Crippen LogP contribution in [0.5, 0.6) is 0 Å². The first-order valence-corrected chi connectivity index (χ1v) is 6.97. The zero-order valence-electron chi connectivity index (χ0n) is 11.3. The van der Waals surface area contributed by atoms with E-state index >= 15 is 0 Å². The van der Waals surface area contributed by atoms with Crippen LogP contribution in [0.25, 0.3) is 0 Å². The lowest BCUT2D eigenvalue weighted by Crippen LogP contribution is -2.42. The van der Waals surface area contributed by atoms with E-state index in [1.165, 1.54) is 12.8 Å². The Morgan fingerprint density at radius 2 is 2.29 bits per heavy atom. The second-order valence-corrected chi connectivity index (χ2v) is 4.87. The van der Waals surface area contributed by atoms with Crippen LogP contribution in [-0.2, 0) is 4.74 Å². The van der Waals surface area contributed by atoms with Crippen molar-refractivity contribution in [3.05, 3.63) is 0 Å². The third-order valence-electron chi connectivity index (χ3n) is 3.16. The smallest absolute Gasteiger partial charge is 0.0900 e. The molecule has 0 aromatic heterocycles. The summed E-state index contributed by atoms with van der Waals surface area (Å²) in [5, 5.41) is 13.4. The molecule has 0 aromatic rings.